The van der Waals surface area contributed by atoms with Crippen molar-refractivity contribution in [2.45, 2.75) is 83.6 Å². The number of nitrogens with zero attached hydrogens (tertiary/aromatic N) is 1. The maximum atomic E-state index is 15.2. The van der Waals surface area contributed by atoms with Crippen molar-refractivity contribution in [3.05, 3.63) is 94.6 Å². The topological polar surface area (TPSA) is 52.6 Å². The van der Waals surface area contributed by atoms with Crippen molar-refractivity contribution in [3.63, 3.8) is 0 Å². The molecule has 208 valence electrons. The number of anilines is 1. The summed E-state index contributed by atoms with van der Waals surface area (Å²) in [5.74, 6) is -0.592. The summed E-state index contributed by atoms with van der Waals surface area (Å²) in [6, 6.07) is 16.5. The molecule has 1 fully saturated rings. The Morgan fingerprint density at radius 3 is 1.95 bits per heavy atom. The van der Waals surface area contributed by atoms with Gasteiger partial charge in [-0.3, -0.25) is 0 Å². The fourth-order valence-corrected chi connectivity index (χ4v) is 5.99. The van der Waals surface area contributed by atoms with Gasteiger partial charge in [0.1, 0.15) is 17.4 Å². The van der Waals surface area contributed by atoms with Crippen LogP contribution in [0.25, 0.3) is 0 Å². The zero-order chi connectivity index (χ0) is 28.2. The van der Waals surface area contributed by atoms with Gasteiger partial charge in [0.15, 0.2) is 0 Å². The van der Waals surface area contributed by atoms with E-state index in [1.54, 1.807) is 29.2 Å². The number of benzene rings is 3. The van der Waals surface area contributed by atoms with E-state index in [-0.39, 0.29) is 42.3 Å². The lowest BCUT2D eigenvalue weighted by atomic mass is 9.68. The van der Waals surface area contributed by atoms with Gasteiger partial charge in [-0.1, -0.05) is 83.4 Å². The van der Waals surface area contributed by atoms with Crippen molar-refractivity contribution < 1.29 is 18.7 Å². The maximum absolute atomic E-state index is 15.2. The van der Waals surface area contributed by atoms with Crippen LogP contribution in [0.2, 0.25) is 0 Å². The number of para-hydroxylation sites is 1. The van der Waals surface area contributed by atoms with E-state index in [0.717, 1.165) is 41.6 Å². The molecule has 0 unspecified atom stereocenters. The van der Waals surface area contributed by atoms with E-state index in [9.17, 15) is 9.90 Å². The first-order chi connectivity index (χ1) is 18.6. The van der Waals surface area contributed by atoms with E-state index < -0.39 is 17.0 Å². The molecule has 3 aromatic rings. The lowest BCUT2D eigenvalue weighted by Gasteiger charge is -2.42. The van der Waals surface area contributed by atoms with Crippen molar-refractivity contribution in [1.29, 1.82) is 0 Å². The van der Waals surface area contributed by atoms with Gasteiger partial charge in [-0.15, -0.1) is 0 Å². The highest BCUT2D eigenvalue weighted by Gasteiger charge is 2.41. The second-order valence-electron chi connectivity index (χ2n) is 11.5. The Labute approximate surface area is 231 Å². The van der Waals surface area contributed by atoms with E-state index in [1.807, 2.05) is 18.2 Å². The number of nitrogens with one attached hydrogen (secondary N) is 1. The fraction of sp³-hybridized carbons (Fsp3) is 0.424. The number of halogens is 2. The maximum Gasteiger partial charge on any atom is 0.322 e. The lowest BCUT2D eigenvalue weighted by Crippen LogP contribution is -2.47. The van der Waals surface area contributed by atoms with Gasteiger partial charge in [-0.05, 0) is 65.6 Å². The third-order valence-corrected chi connectivity index (χ3v) is 8.00. The van der Waals surface area contributed by atoms with Crippen LogP contribution in [-0.2, 0) is 12.0 Å². The van der Waals surface area contributed by atoms with Gasteiger partial charge in [0.2, 0.25) is 0 Å². The number of rotatable bonds is 8. The first-order valence-electron chi connectivity index (χ1n) is 14.0. The summed E-state index contributed by atoms with van der Waals surface area (Å²) in [4.78, 5) is 15.8. The van der Waals surface area contributed by atoms with E-state index in [0.29, 0.717) is 12.8 Å². The van der Waals surface area contributed by atoms with E-state index in [1.165, 1.54) is 18.2 Å². The van der Waals surface area contributed by atoms with Gasteiger partial charge >= 0.3 is 6.03 Å². The highest BCUT2D eigenvalue weighted by atomic mass is 19.1. The molecule has 1 aliphatic carbocycles. The summed E-state index contributed by atoms with van der Waals surface area (Å²) in [6.07, 6.45) is 3.89. The molecule has 0 aromatic heterocycles. The molecule has 0 bridgehead atoms. The molecule has 0 spiro atoms. The van der Waals surface area contributed by atoms with Gasteiger partial charge in [0.05, 0.1) is 0 Å². The quantitative estimate of drug-likeness (QED) is 0.303. The van der Waals surface area contributed by atoms with Crippen molar-refractivity contribution in [1.82, 2.24) is 4.90 Å². The van der Waals surface area contributed by atoms with Gasteiger partial charge in [0.25, 0.3) is 0 Å². The molecule has 2 amide bonds. The molecule has 2 N–H and O–H groups in total. The standard InChI is InChI=1S/C33H40F2N2O2/c1-22(2)26-10-8-11-27(23(3)4)31(26)36-32(39)37(20-24-14-16-25(38)17-15-24)21-33(18-6-5-7-19-33)30-28(34)12-9-13-29(30)35/h8-17,22-23,38H,5-7,18-21H2,1-4H3,(H,36,39). The molecule has 39 heavy (non-hydrogen) atoms. The first-order valence-corrected chi connectivity index (χ1v) is 14.0. The summed E-state index contributed by atoms with van der Waals surface area (Å²) in [7, 11) is 0. The van der Waals surface area contributed by atoms with Crippen LogP contribution in [0.3, 0.4) is 0 Å². The number of urea groups is 1. The zero-order valence-corrected chi connectivity index (χ0v) is 23.4. The number of aromatic hydroxyl groups is 1. The first kappa shape index (κ1) is 28.6. The number of carbonyl (C=O) groups is 1. The predicted molar refractivity (Wildman–Crippen MR) is 153 cm³/mol. The number of hydrogen-bond acceptors (Lipinski definition) is 2. The normalized spacial score (nSPS) is 15.0. The van der Waals surface area contributed by atoms with Gasteiger partial charge in [-0.2, -0.15) is 0 Å². The molecule has 6 heteroatoms. The van der Waals surface area contributed by atoms with Crippen molar-refractivity contribution in [3.8, 4) is 5.75 Å². The van der Waals surface area contributed by atoms with Gasteiger partial charge < -0.3 is 15.3 Å². The predicted octanol–water partition coefficient (Wildman–Crippen LogP) is 8.85. The highest BCUT2D eigenvalue weighted by molar-refractivity contribution is 5.91. The second-order valence-corrected chi connectivity index (χ2v) is 11.5. The van der Waals surface area contributed by atoms with Crippen LogP contribution in [-0.4, -0.2) is 22.6 Å². The molecular weight excluding hydrogens is 494 g/mol. The average molecular weight is 535 g/mol. The van der Waals surface area contributed by atoms with Crippen LogP contribution in [0.1, 0.15) is 93.9 Å². The number of amides is 2. The van der Waals surface area contributed by atoms with Crippen LogP contribution in [0.5, 0.6) is 5.75 Å². The van der Waals surface area contributed by atoms with Crippen LogP contribution < -0.4 is 5.32 Å². The molecule has 4 rings (SSSR count). The molecule has 4 nitrogen and oxygen atoms in total. The molecule has 0 radical (unpaired) electrons. The minimum absolute atomic E-state index is 0.0821. The Hall–Kier alpha value is -3.41. The van der Waals surface area contributed by atoms with E-state index in [2.05, 4.69) is 33.0 Å². The van der Waals surface area contributed by atoms with E-state index >= 15 is 8.78 Å². The number of hydrogen-bond donors (Lipinski definition) is 2. The second kappa shape index (κ2) is 12.2. The zero-order valence-electron chi connectivity index (χ0n) is 23.4. The summed E-state index contributed by atoms with van der Waals surface area (Å²) >= 11 is 0. The third-order valence-electron chi connectivity index (χ3n) is 8.00. The minimum atomic E-state index is -0.833. The Kier molecular flexibility index (Phi) is 8.94. The number of phenolic OH excluding ortho intramolecular Hbond substituents is 1. The third kappa shape index (κ3) is 6.43. The largest absolute Gasteiger partial charge is 0.508 e. The molecular formula is C33H40F2N2O2. The smallest absolute Gasteiger partial charge is 0.322 e. The monoisotopic (exact) mass is 534 g/mol. The Balaban J connectivity index is 1.77. The van der Waals surface area contributed by atoms with Gasteiger partial charge in [-0.25, -0.2) is 13.6 Å². The molecule has 0 atom stereocenters. The van der Waals surface area contributed by atoms with Crippen LogP contribution in [0.15, 0.2) is 60.7 Å². The summed E-state index contributed by atoms with van der Waals surface area (Å²) < 4.78 is 30.5. The Morgan fingerprint density at radius 1 is 0.872 bits per heavy atom. The van der Waals surface area contributed by atoms with E-state index in [4.69, 9.17) is 0 Å². The number of carbonyl (C=O) groups excluding carboxylic acids is 1. The van der Waals surface area contributed by atoms with Crippen LogP contribution >= 0.6 is 0 Å². The Morgan fingerprint density at radius 2 is 1.41 bits per heavy atom. The number of phenols is 1. The molecule has 3 aromatic carbocycles. The summed E-state index contributed by atoms with van der Waals surface area (Å²) in [5, 5.41) is 13.0. The molecule has 0 aliphatic heterocycles. The van der Waals surface area contributed by atoms with Gasteiger partial charge in [0, 0.05) is 29.8 Å². The SMILES string of the molecule is CC(C)c1cccc(C(C)C)c1NC(=O)N(Cc1ccc(O)cc1)CC1(c2c(F)cccc2F)CCCCC1. The molecule has 1 saturated carbocycles. The van der Waals surface area contributed by atoms with Crippen molar-refractivity contribution in [2.24, 2.45) is 0 Å². The Bertz CT molecular complexity index is 1230. The highest BCUT2D eigenvalue weighted by Crippen LogP contribution is 2.43. The van der Waals surface area contributed by atoms with Crippen molar-refractivity contribution in [2.75, 3.05) is 11.9 Å². The fourth-order valence-electron chi connectivity index (χ4n) is 5.99. The van der Waals surface area contributed by atoms with Crippen molar-refractivity contribution >= 4 is 11.7 Å². The molecule has 0 saturated heterocycles. The van der Waals surface area contributed by atoms with Crippen LogP contribution in [0, 0.1) is 11.6 Å². The lowest BCUT2D eigenvalue weighted by molar-refractivity contribution is 0.164. The van der Waals surface area contributed by atoms with Crippen LogP contribution in [0.4, 0.5) is 19.3 Å². The molecule has 0 heterocycles. The summed E-state index contributed by atoms with van der Waals surface area (Å²) in [6.45, 7) is 8.81. The minimum Gasteiger partial charge on any atom is -0.508 e. The average Bonchev–Trinajstić information content (AvgIpc) is 2.90. The molecule has 1 aliphatic rings. The summed E-state index contributed by atoms with van der Waals surface area (Å²) in [5.41, 5.74) is 2.97.